The van der Waals surface area contributed by atoms with Gasteiger partial charge in [-0.1, -0.05) is 6.42 Å². The number of esters is 1. The van der Waals surface area contributed by atoms with E-state index < -0.39 is 18.5 Å². The Balaban J connectivity index is 1.45. The van der Waals surface area contributed by atoms with Crippen molar-refractivity contribution < 1.29 is 19.1 Å². The summed E-state index contributed by atoms with van der Waals surface area (Å²) in [6.07, 6.45) is 8.73. The lowest BCUT2D eigenvalue weighted by Crippen LogP contribution is -2.22. The number of hydrogen-bond donors (Lipinski definition) is 2. The second-order valence-corrected chi connectivity index (χ2v) is 10.3. The van der Waals surface area contributed by atoms with Gasteiger partial charge in [0.15, 0.2) is 6.61 Å². The summed E-state index contributed by atoms with van der Waals surface area (Å²) < 4.78 is 5.33. The number of nitrogens with one attached hydrogen (secondary N) is 2. The second kappa shape index (κ2) is 9.84. The Morgan fingerprint density at radius 1 is 0.906 bits per heavy atom. The van der Waals surface area contributed by atoms with Gasteiger partial charge in [0.1, 0.15) is 16.1 Å². The van der Waals surface area contributed by atoms with Gasteiger partial charge in [-0.25, -0.2) is 4.79 Å². The highest BCUT2D eigenvalue weighted by molar-refractivity contribution is 7.17. The lowest BCUT2D eigenvalue weighted by Gasteiger charge is -2.12. The minimum Gasteiger partial charge on any atom is -0.452 e. The first-order valence-corrected chi connectivity index (χ1v) is 12.5. The number of amides is 2. The Kier molecular flexibility index (Phi) is 6.92. The van der Waals surface area contributed by atoms with Gasteiger partial charge in [-0.2, -0.15) is 5.26 Å². The van der Waals surface area contributed by atoms with Crippen molar-refractivity contribution in [3.8, 4) is 6.07 Å². The third-order valence-corrected chi connectivity index (χ3v) is 8.20. The van der Waals surface area contributed by atoms with E-state index in [1.54, 1.807) is 0 Å². The summed E-state index contributed by atoms with van der Waals surface area (Å²) in [6, 6.07) is 2.23. The summed E-state index contributed by atoms with van der Waals surface area (Å²) in [6.45, 7) is 0.951. The molecule has 0 fully saturated rings. The molecule has 2 aromatic rings. The smallest absolute Gasteiger partial charge is 0.341 e. The zero-order chi connectivity index (χ0) is 22.7. The maximum atomic E-state index is 12.9. The van der Waals surface area contributed by atoms with Crippen LogP contribution in [0.5, 0.6) is 0 Å². The fraction of sp³-hybridized carbons (Fsp3) is 0.478. The highest BCUT2D eigenvalue weighted by Crippen LogP contribution is 2.39. The number of rotatable bonds is 5. The minimum absolute atomic E-state index is 0.253. The van der Waals surface area contributed by atoms with Crippen molar-refractivity contribution in [3.63, 3.8) is 0 Å². The topological polar surface area (TPSA) is 108 Å². The fourth-order valence-electron chi connectivity index (χ4n) is 4.34. The molecule has 0 spiro atoms. The van der Waals surface area contributed by atoms with Crippen LogP contribution < -0.4 is 10.6 Å². The Morgan fingerprint density at radius 3 is 2.28 bits per heavy atom. The quantitative estimate of drug-likeness (QED) is 0.490. The molecule has 0 atom stereocenters. The molecule has 0 bridgehead atoms. The van der Waals surface area contributed by atoms with Gasteiger partial charge in [-0.15, -0.1) is 22.7 Å². The molecule has 2 aliphatic carbocycles. The number of ether oxygens (including phenoxy) is 1. The lowest BCUT2D eigenvalue weighted by atomic mass is 9.95. The van der Waals surface area contributed by atoms with E-state index in [0.717, 1.165) is 78.7 Å². The molecule has 0 saturated heterocycles. The van der Waals surface area contributed by atoms with Crippen LogP contribution in [-0.4, -0.2) is 24.4 Å². The van der Waals surface area contributed by atoms with Crippen LogP contribution in [0.3, 0.4) is 0 Å². The Hall–Kier alpha value is -2.70. The number of carbonyl (C=O) groups excluding carboxylic acids is 3. The van der Waals surface area contributed by atoms with Gasteiger partial charge in [0.2, 0.25) is 5.91 Å². The van der Waals surface area contributed by atoms with Crippen LogP contribution in [0.25, 0.3) is 0 Å². The summed E-state index contributed by atoms with van der Waals surface area (Å²) in [5.74, 6) is -1.33. The van der Waals surface area contributed by atoms with Gasteiger partial charge in [0, 0.05) is 16.7 Å². The van der Waals surface area contributed by atoms with Crippen molar-refractivity contribution in [3.05, 3.63) is 32.0 Å². The van der Waals surface area contributed by atoms with Crippen molar-refractivity contribution in [1.82, 2.24) is 0 Å². The zero-order valence-corrected chi connectivity index (χ0v) is 19.6. The predicted molar refractivity (Wildman–Crippen MR) is 124 cm³/mol. The fourth-order valence-corrected chi connectivity index (χ4v) is 6.92. The number of thiophene rings is 2. The highest BCUT2D eigenvalue weighted by atomic mass is 32.1. The minimum atomic E-state index is -0.606. The van der Waals surface area contributed by atoms with Gasteiger partial charge < -0.3 is 15.4 Å². The zero-order valence-electron chi connectivity index (χ0n) is 18.0. The molecule has 168 valence electrons. The molecule has 0 radical (unpaired) electrons. The molecular formula is C23H25N3O4S2. The number of fused-ring (bicyclic) bond motifs is 2. The molecule has 0 saturated carbocycles. The number of carbonyl (C=O) groups is 3. The van der Waals surface area contributed by atoms with Crippen LogP contribution in [0.15, 0.2) is 0 Å². The van der Waals surface area contributed by atoms with Crippen molar-refractivity contribution in [2.24, 2.45) is 0 Å². The van der Waals surface area contributed by atoms with Gasteiger partial charge in [-0.3, -0.25) is 9.59 Å². The average Bonchev–Trinajstić information content (AvgIpc) is 3.18. The Labute approximate surface area is 194 Å². The summed E-state index contributed by atoms with van der Waals surface area (Å²) in [4.78, 5) is 39.2. The summed E-state index contributed by atoms with van der Waals surface area (Å²) >= 11 is 2.86. The van der Waals surface area contributed by atoms with E-state index in [0.29, 0.717) is 21.1 Å². The SMILES string of the molecule is CC(=O)Nc1sc2c(c1C(=O)OCC(=O)Nc1sc3c(c1C#N)CCCCC3)CCCC2. The lowest BCUT2D eigenvalue weighted by molar-refractivity contribution is -0.119. The predicted octanol–water partition coefficient (Wildman–Crippen LogP) is 4.58. The van der Waals surface area contributed by atoms with Crippen LogP contribution in [0, 0.1) is 11.3 Å². The molecule has 2 amide bonds. The molecule has 9 heteroatoms. The number of hydrogen-bond acceptors (Lipinski definition) is 7. The maximum absolute atomic E-state index is 12.9. The van der Waals surface area contributed by atoms with Crippen LogP contribution >= 0.6 is 22.7 Å². The maximum Gasteiger partial charge on any atom is 0.341 e. The van der Waals surface area contributed by atoms with Crippen molar-refractivity contribution in [2.45, 2.75) is 64.7 Å². The normalized spacial score (nSPS) is 15.0. The first-order chi connectivity index (χ1) is 15.5. The van der Waals surface area contributed by atoms with Crippen LogP contribution in [0.4, 0.5) is 10.0 Å². The summed E-state index contributed by atoms with van der Waals surface area (Å²) in [5, 5.41) is 16.1. The van der Waals surface area contributed by atoms with Gasteiger partial charge in [-0.05, 0) is 62.5 Å². The van der Waals surface area contributed by atoms with Crippen molar-refractivity contribution in [1.29, 1.82) is 5.26 Å². The van der Waals surface area contributed by atoms with E-state index in [4.69, 9.17) is 4.74 Å². The number of aryl methyl sites for hydroxylation is 2. The molecular weight excluding hydrogens is 446 g/mol. The van der Waals surface area contributed by atoms with E-state index in [1.165, 1.54) is 29.6 Å². The first-order valence-electron chi connectivity index (χ1n) is 10.9. The van der Waals surface area contributed by atoms with Crippen LogP contribution in [0.1, 0.15) is 75.8 Å². The Bertz CT molecular complexity index is 1110. The monoisotopic (exact) mass is 471 g/mol. The molecule has 7 nitrogen and oxygen atoms in total. The molecule has 0 aliphatic heterocycles. The second-order valence-electron chi connectivity index (χ2n) is 8.10. The highest BCUT2D eigenvalue weighted by Gasteiger charge is 2.28. The van der Waals surface area contributed by atoms with Gasteiger partial charge >= 0.3 is 5.97 Å². The average molecular weight is 472 g/mol. The summed E-state index contributed by atoms with van der Waals surface area (Å²) in [5.41, 5.74) is 2.87. The Morgan fingerprint density at radius 2 is 1.53 bits per heavy atom. The van der Waals surface area contributed by atoms with Crippen molar-refractivity contribution >= 4 is 50.5 Å². The molecule has 2 aromatic heterocycles. The molecule has 4 rings (SSSR count). The van der Waals surface area contributed by atoms with E-state index in [1.807, 2.05) is 0 Å². The number of nitrogens with zero attached hydrogens (tertiary/aromatic N) is 1. The standard InChI is InChI=1S/C23H25N3O4S2/c1-13(27)25-22-20(15-8-5-6-10-18(15)32-22)23(29)30-12-19(28)26-21-16(11-24)14-7-3-2-4-9-17(14)31-21/h2-10,12H2,1H3,(H,25,27)(H,26,28). The number of anilines is 2. The van der Waals surface area contributed by atoms with Crippen LogP contribution in [-0.2, 0) is 40.0 Å². The molecule has 2 aliphatic rings. The largest absolute Gasteiger partial charge is 0.452 e. The van der Waals surface area contributed by atoms with Crippen molar-refractivity contribution in [2.75, 3.05) is 17.2 Å². The van der Waals surface area contributed by atoms with Gasteiger partial charge in [0.05, 0.1) is 11.1 Å². The third-order valence-electron chi connectivity index (χ3n) is 5.79. The van der Waals surface area contributed by atoms with E-state index >= 15 is 0 Å². The molecule has 2 N–H and O–H groups in total. The van der Waals surface area contributed by atoms with Gasteiger partial charge in [0.25, 0.3) is 5.91 Å². The molecule has 2 heterocycles. The first kappa shape index (κ1) is 22.5. The van der Waals surface area contributed by atoms with E-state index in [-0.39, 0.29) is 5.91 Å². The third kappa shape index (κ3) is 4.71. The molecule has 0 aromatic carbocycles. The molecule has 32 heavy (non-hydrogen) atoms. The number of nitriles is 1. The van der Waals surface area contributed by atoms with E-state index in [2.05, 4.69) is 16.7 Å². The summed E-state index contributed by atoms with van der Waals surface area (Å²) in [7, 11) is 0. The van der Waals surface area contributed by atoms with Crippen LogP contribution in [0.2, 0.25) is 0 Å². The molecule has 0 unspecified atom stereocenters. The van der Waals surface area contributed by atoms with E-state index in [9.17, 15) is 19.6 Å².